The van der Waals surface area contributed by atoms with Crippen molar-refractivity contribution in [1.29, 1.82) is 0 Å². The molecule has 25 heavy (non-hydrogen) atoms. The predicted octanol–water partition coefficient (Wildman–Crippen LogP) is 5.03. The summed E-state index contributed by atoms with van der Waals surface area (Å²) in [6.07, 6.45) is 4.87. The minimum atomic E-state index is -0.161. The van der Waals surface area contributed by atoms with E-state index < -0.39 is 0 Å². The van der Waals surface area contributed by atoms with Gasteiger partial charge in [0.05, 0.1) is 0 Å². The van der Waals surface area contributed by atoms with Crippen molar-refractivity contribution in [3.63, 3.8) is 0 Å². The van der Waals surface area contributed by atoms with Gasteiger partial charge in [0.2, 0.25) is 0 Å². The third kappa shape index (κ3) is 3.39. The molecule has 2 aliphatic heterocycles. The minimum absolute atomic E-state index is 0.161. The van der Waals surface area contributed by atoms with Crippen LogP contribution in [0.15, 0.2) is 30.3 Å². The Morgan fingerprint density at radius 2 is 2.16 bits per heavy atom. The van der Waals surface area contributed by atoms with Gasteiger partial charge in [-0.25, -0.2) is 4.39 Å². The van der Waals surface area contributed by atoms with Crippen LogP contribution in [0.4, 0.5) is 4.39 Å². The quantitative estimate of drug-likeness (QED) is 0.825. The number of hydrogen-bond acceptors (Lipinski definition) is 2. The molecule has 0 radical (unpaired) electrons. The molecule has 0 bridgehead atoms. The number of aromatic nitrogens is 1. The van der Waals surface area contributed by atoms with E-state index >= 15 is 0 Å². The molecular formula is C21H27FN2S. The van der Waals surface area contributed by atoms with Gasteiger partial charge in [-0.1, -0.05) is 6.92 Å². The molecule has 1 aromatic heterocycles. The van der Waals surface area contributed by atoms with Crippen LogP contribution in [0.25, 0.3) is 11.3 Å². The Labute approximate surface area is 154 Å². The first-order valence-electron chi connectivity index (χ1n) is 9.55. The van der Waals surface area contributed by atoms with E-state index in [9.17, 15) is 4.39 Å². The molecule has 1 N–H and O–H groups in total. The lowest BCUT2D eigenvalue weighted by atomic mass is 9.89. The SMILES string of the molecule is CCC(C1CCCNC1)n1c(-c2ccc(F)cc2)cc2c1CCSC2. The van der Waals surface area contributed by atoms with Gasteiger partial charge in [0, 0.05) is 23.2 Å². The number of hydrogen-bond donors (Lipinski definition) is 1. The fraction of sp³-hybridized carbons (Fsp3) is 0.524. The van der Waals surface area contributed by atoms with Crippen molar-refractivity contribution in [3.8, 4) is 11.3 Å². The fourth-order valence-electron chi connectivity index (χ4n) is 4.53. The number of thioether (sulfide) groups is 1. The maximum atomic E-state index is 13.4. The van der Waals surface area contributed by atoms with Gasteiger partial charge in [-0.3, -0.25) is 0 Å². The highest BCUT2D eigenvalue weighted by atomic mass is 32.2. The third-order valence-electron chi connectivity index (χ3n) is 5.74. The molecular weight excluding hydrogens is 331 g/mol. The molecule has 0 aliphatic carbocycles. The molecule has 3 heterocycles. The number of benzene rings is 1. The predicted molar refractivity (Wildman–Crippen MR) is 105 cm³/mol. The summed E-state index contributed by atoms with van der Waals surface area (Å²) in [5, 5.41) is 3.59. The summed E-state index contributed by atoms with van der Waals surface area (Å²) >= 11 is 2.03. The van der Waals surface area contributed by atoms with Crippen LogP contribution >= 0.6 is 11.8 Å². The van der Waals surface area contributed by atoms with Gasteiger partial charge in [-0.2, -0.15) is 11.8 Å². The standard InChI is InChI=1S/C21H27FN2S/c1-2-19(16-4-3-10-23-13-16)24-20-9-11-25-14-17(20)12-21(24)15-5-7-18(22)8-6-15/h5-8,12,16,19,23H,2-4,9-11,13-14H2,1H3. The number of nitrogens with zero attached hydrogens (tertiary/aromatic N) is 1. The zero-order chi connectivity index (χ0) is 17.2. The summed E-state index contributed by atoms with van der Waals surface area (Å²) in [5.74, 6) is 2.84. The van der Waals surface area contributed by atoms with Crippen LogP contribution in [-0.2, 0) is 12.2 Å². The summed E-state index contributed by atoms with van der Waals surface area (Å²) < 4.78 is 16.1. The van der Waals surface area contributed by atoms with E-state index in [-0.39, 0.29) is 5.82 Å². The van der Waals surface area contributed by atoms with Crippen LogP contribution in [0.1, 0.15) is 43.5 Å². The topological polar surface area (TPSA) is 17.0 Å². The van der Waals surface area contributed by atoms with Crippen molar-refractivity contribution >= 4 is 11.8 Å². The van der Waals surface area contributed by atoms with Crippen LogP contribution < -0.4 is 5.32 Å². The lowest BCUT2D eigenvalue weighted by molar-refractivity contribution is 0.256. The Morgan fingerprint density at radius 3 is 2.88 bits per heavy atom. The third-order valence-corrected chi connectivity index (χ3v) is 6.75. The van der Waals surface area contributed by atoms with E-state index in [2.05, 4.69) is 22.9 Å². The highest BCUT2D eigenvalue weighted by Gasteiger charge is 2.29. The van der Waals surface area contributed by atoms with E-state index in [1.807, 2.05) is 23.9 Å². The van der Waals surface area contributed by atoms with E-state index in [1.165, 1.54) is 35.5 Å². The van der Waals surface area contributed by atoms with E-state index in [0.717, 1.165) is 37.2 Å². The van der Waals surface area contributed by atoms with Crippen molar-refractivity contribution in [1.82, 2.24) is 9.88 Å². The molecule has 2 unspecified atom stereocenters. The second-order valence-corrected chi connectivity index (χ2v) is 8.37. The Hall–Kier alpha value is -1.26. The first-order valence-corrected chi connectivity index (χ1v) is 10.7. The fourth-order valence-corrected chi connectivity index (χ4v) is 5.48. The Bertz CT molecular complexity index is 716. The van der Waals surface area contributed by atoms with Crippen LogP contribution in [0, 0.1) is 11.7 Å². The van der Waals surface area contributed by atoms with Gasteiger partial charge in [-0.05, 0) is 91.9 Å². The van der Waals surface area contributed by atoms with Gasteiger partial charge >= 0.3 is 0 Å². The minimum Gasteiger partial charge on any atom is -0.341 e. The highest BCUT2D eigenvalue weighted by Crippen LogP contribution is 2.39. The van der Waals surface area contributed by atoms with Gasteiger partial charge in [0.1, 0.15) is 5.82 Å². The summed E-state index contributed by atoms with van der Waals surface area (Å²) in [6, 6.07) is 9.94. The molecule has 2 aliphatic rings. The second-order valence-electron chi connectivity index (χ2n) is 7.26. The van der Waals surface area contributed by atoms with Crippen molar-refractivity contribution < 1.29 is 4.39 Å². The summed E-state index contributed by atoms with van der Waals surface area (Å²) in [5.41, 5.74) is 5.43. The molecule has 134 valence electrons. The maximum absolute atomic E-state index is 13.4. The van der Waals surface area contributed by atoms with Crippen molar-refractivity contribution in [2.75, 3.05) is 18.8 Å². The lowest BCUT2D eigenvalue weighted by Gasteiger charge is -2.34. The average molecular weight is 359 g/mol. The zero-order valence-corrected chi connectivity index (χ0v) is 15.7. The lowest BCUT2D eigenvalue weighted by Crippen LogP contribution is -2.35. The van der Waals surface area contributed by atoms with Gasteiger partial charge < -0.3 is 9.88 Å². The monoisotopic (exact) mass is 358 g/mol. The van der Waals surface area contributed by atoms with Crippen LogP contribution in [-0.4, -0.2) is 23.4 Å². The number of halogens is 1. The Morgan fingerprint density at radius 1 is 1.32 bits per heavy atom. The summed E-state index contributed by atoms with van der Waals surface area (Å²) in [7, 11) is 0. The van der Waals surface area contributed by atoms with E-state index in [1.54, 1.807) is 12.1 Å². The molecule has 4 heteroatoms. The van der Waals surface area contributed by atoms with Crippen molar-refractivity contribution in [3.05, 3.63) is 47.4 Å². The molecule has 2 aromatic rings. The summed E-state index contributed by atoms with van der Waals surface area (Å²) in [6.45, 7) is 4.58. The van der Waals surface area contributed by atoms with Crippen LogP contribution in [0.2, 0.25) is 0 Å². The largest absolute Gasteiger partial charge is 0.341 e. The summed E-state index contributed by atoms with van der Waals surface area (Å²) in [4.78, 5) is 0. The maximum Gasteiger partial charge on any atom is 0.123 e. The molecule has 2 atom stereocenters. The molecule has 1 saturated heterocycles. The number of rotatable bonds is 4. The van der Waals surface area contributed by atoms with Crippen molar-refractivity contribution in [2.45, 2.75) is 44.4 Å². The molecule has 4 rings (SSSR count). The van der Waals surface area contributed by atoms with Crippen LogP contribution in [0.5, 0.6) is 0 Å². The first-order chi connectivity index (χ1) is 12.3. The molecule has 2 nitrogen and oxygen atoms in total. The number of fused-ring (bicyclic) bond motifs is 1. The van der Waals surface area contributed by atoms with Crippen molar-refractivity contribution in [2.24, 2.45) is 5.92 Å². The number of nitrogens with one attached hydrogen (secondary N) is 1. The normalized spacial score (nSPS) is 21.8. The Kier molecular flexibility index (Phi) is 5.18. The molecule has 0 spiro atoms. The number of piperidine rings is 1. The smallest absolute Gasteiger partial charge is 0.123 e. The average Bonchev–Trinajstić information content (AvgIpc) is 3.04. The van der Waals surface area contributed by atoms with E-state index in [4.69, 9.17) is 0 Å². The van der Waals surface area contributed by atoms with Gasteiger partial charge in [0.25, 0.3) is 0 Å². The molecule has 1 aromatic carbocycles. The molecule has 1 fully saturated rings. The zero-order valence-electron chi connectivity index (χ0n) is 14.9. The van der Waals surface area contributed by atoms with Gasteiger partial charge in [-0.15, -0.1) is 0 Å². The highest BCUT2D eigenvalue weighted by molar-refractivity contribution is 7.98. The second kappa shape index (κ2) is 7.55. The van der Waals surface area contributed by atoms with Crippen LogP contribution in [0.3, 0.4) is 0 Å². The van der Waals surface area contributed by atoms with Gasteiger partial charge in [0.15, 0.2) is 0 Å². The Balaban J connectivity index is 1.80. The molecule has 0 saturated carbocycles. The van der Waals surface area contributed by atoms with E-state index in [0.29, 0.717) is 12.0 Å². The molecule has 0 amide bonds. The first kappa shape index (κ1) is 17.2.